The van der Waals surface area contributed by atoms with E-state index in [1.54, 1.807) is 12.1 Å². The molecule has 0 radical (unpaired) electrons. The van der Waals surface area contributed by atoms with Crippen LogP contribution >= 0.6 is 11.6 Å². The Hall–Kier alpha value is -4.30. The van der Waals surface area contributed by atoms with E-state index in [-0.39, 0.29) is 28.6 Å². The Morgan fingerprint density at radius 2 is 1.78 bits per heavy atom. The molecule has 184 valence electrons. The maximum Gasteiger partial charge on any atom is 0.335 e. The zero-order valence-corrected chi connectivity index (χ0v) is 20.3. The third kappa shape index (κ3) is 5.34. The van der Waals surface area contributed by atoms with Crippen LogP contribution in [0.25, 0.3) is 6.08 Å². The number of halogens is 1. The van der Waals surface area contributed by atoms with Gasteiger partial charge in [-0.25, -0.2) is 9.69 Å². The Morgan fingerprint density at radius 1 is 1.03 bits per heavy atom. The van der Waals surface area contributed by atoms with Crippen LogP contribution in [0.2, 0.25) is 5.02 Å². The Bertz CT molecular complexity index is 1370. The minimum Gasteiger partial charge on any atom is -0.508 e. The Morgan fingerprint density at radius 3 is 2.47 bits per heavy atom. The van der Waals surface area contributed by atoms with Gasteiger partial charge in [-0.1, -0.05) is 41.4 Å². The second kappa shape index (κ2) is 10.5. The number of urea groups is 1. The number of nitrogens with one attached hydrogen (secondary N) is 1. The Kier molecular flexibility index (Phi) is 7.26. The van der Waals surface area contributed by atoms with Gasteiger partial charge in [-0.3, -0.25) is 14.9 Å². The van der Waals surface area contributed by atoms with E-state index in [4.69, 9.17) is 21.1 Å². The molecule has 9 heteroatoms. The Balaban J connectivity index is 1.65. The number of benzene rings is 3. The number of hydrogen-bond acceptors (Lipinski definition) is 6. The number of ether oxygens (including phenoxy) is 2. The summed E-state index contributed by atoms with van der Waals surface area (Å²) in [5, 5.41) is 11.9. The lowest BCUT2D eigenvalue weighted by Gasteiger charge is -2.26. The summed E-state index contributed by atoms with van der Waals surface area (Å²) in [6.07, 6.45) is 1.33. The fourth-order valence-electron chi connectivity index (χ4n) is 3.69. The largest absolute Gasteiger partial charge is 0.508 e. The van der Waals surface area contributed by atoms with Gasteiger partial charge in [0.1, 0.15) is 17.9 Å². The summed E-state index contributed by atoms with van der Waals surface area (Å²) in [7, 11) is 0. The molecular formula is C27H23ClN2O6. The maximum atomic E-state index is 13.1. The number of aromatic hydroxyl groups is 1. The standard InChI is InChI=1S/C27H23ClN2O6/c1-3-35-23-14-18(13-22(28)24(23)36-15-17-6-4-5-16(2)11-17)12-21-25(32)29-27(34)30(26(21)33)19-7-9-20(31)10-8-19/h4-14,31H,3,15H2,1-2H3,(H,29,32,34)/b21-12+. The number of phenols is 1. The summed E-state index contributed by atoms with van der Waals surface area (Å²) < 4.78 is 11.7. The van der Waals surface area contributed by atoms with E-state index >= 15 is 0 Å². The number of carbonyl (C=O) groups excluding carboxylic acids is 3. The molecule has 1 heterocycles. The summed E-state index contributed by atoms with van der Waals surface area (Å²) >= 11 is 6.51. The summed E-state index contributed by atoms with van der Waals surface area (Å²) in [6, 6.07) is 15.6. The monoisotopic (exact) mass is 506 g/mol. The molecule has 0 aromatic heterocycles. The van der Waals surface area contributed by atoms with Gasteiger partial charge in [0.25, 0.3) is 11.8 Å². The van der Waals surface area contributed by atoms with Crippen molar-refractivity contribution in [3.05, 3.63) is 87.9 Å². The number of imide groups is 2. The van der Waals surface area contributed by atoms with Crippen LogP contribution in [0.3, 0.4) is 0 Å². The molecule has 0 aliphatic carbocycles. The number of anilines is 1. The molecule has 1 saturated heterocycles. The molecule has 1 aliphatic heterocycles. The van der Waals surface area contributed by atoms with Gasteiger partial charge in [0.05, 0.1) is 17.3 Å². The van der Waals surface area contributed by atoms with Crippen LogP contribution in [0.1, 0.15) is 23.6 Å². The van der Waals surface area contributed by atoms with E-state index in [1.807, 2.05) is 38.1 Å². The molecule has 8 nitrogen and oxygen atoms in total. The van der Waals surface area contributed by atoms with E-state index in [2.05, 4.69) is 5.32 Å². The highest BCUT2D eigenvalue weighted by Crippen LogP contribution is 2.38. The van der Waals surface area contributed by atoms with E-state index in [1.165, 1.54) is 30.3 Å². The number of carbonyl (C=O) groups is 3. The van der Waals surface area contributed by atoms with E-state index in [9.17, 15) is 19.5 Å². The first kappa shape index (κ1) is 24.8. The maximum absolute atomic E-state index is 13.1. The first-order valence-corrected chi connectivity index (χ1v) is 11.5. The smallest absolute Gasteiger partial charge is 0.335 e. The average Bonchev–Trinajstić information content (AvgIpc) is 2.82. The lowest BCUT2D eigenvalue weighted by atomic mass is 10.1. The summed E-state index contributed by atoms with van der Waals surface area (Å²) in [6.45, 7) is 4.40. The van der Waals surface area contributed by atoms with Crippen molar-refractivity contribution in [1.29, 1.82) is 0 Å². The van der Waals surface area contributed by atoms with E-state index in [0.717, 1.165) is 16.0 Å². The topological polar surface area (TPSA) is 105 Å². The molecule has 0 atom stereocenters. The van der Waals surface area contributed by atoms with Crippen molar-refractivity contribution in [2.75, 3.05) is 11.5 Å². The van der Waals surface area contributed by atoms with E-state index in [0.29, 0.717) is 23.7 Å². The molecule has 0 spiro atoms. The van der Waals surface area contributed by atoms with Crippen LogP contribution in [0, 0.1) is 6.92 Å². The molecule has 0 bridgehead atoms. The molecule has 1 aliphatic rings. The first-order valence-electron chi connectivity index (χ1n) is 11.1. The number of barbiturate groups is 1. The minimum atomic E-state index is -0.888. The molecule has 1 fully saturated rings. The predicted molar refractivity (Wildman–Crippen MR) is 135 cm³/mol. The third-order valence-electron chi connectivity index (χ3n) is 5.32. The van der Waals surface area contributed by atoms with Crippen LogP contribution in [-0.4, -0.2) is 29.6 Å². The van der Waals surface area contributed by atoms with Gasteiger partial charge in [-0.05, 0) is 67.4 Å². The fourth-order valence-corrected chi connectivity index (χ4v) is 3.97. The van der Waals surface area contributed by atoms with Crippen LogP contribution in [-0.2, 0) is 16.2 Å². The van der Waals surface area contributed by atoms with Crippen molar-refractivity contribution in [3.63, 3.8) is 0 Å². The van der Waals surface area contributed by atoms with Crippen LogP contribution < -0.4 is 19.7 Å². The lowest BCUT2D eigenvalue weighted by molar-refractivity contribution is -0.122. The number of phenolic OH excluding ortho intramolecular Hbond substituents is 1. The van der Waals surface area contributed by atoms with Crippen molar-refractivity contribution in [2.24, 2.45) is 0 Å². The van der Waals surface area contributed by atoms with Crippen LogP contribution in [0.5, 0.6) is 17.2 Å². The molecule has 0 unspecified atom stereocenters. The fraction of sp³-hybridized carbons (Fsp3) is 0.148. The molecule has 0 saturated carbocycles. The first-order chi connectivity index (χ1) is 17.3. The molecule has 36 heavy (non-hydrogen) atoms. The van der Waals surface area contributed by atoms with Gasteiger partial charge in [-0.15, -0.1) is 0 Å². The zero-order valence-electron chi connectivity index (χ0n) is 19.6. The van der Waals surface area contributed by atoms with Crippen molar-refractivity contribution in [1.82, 2.24) is 5.32 Å². The van der Waals surface area contributed by atoms with Gasteiger partial charge in [-0.2, -0.15) is 0 Å². The quantitative estimate of drug-likeness (QED) is 0.345. The molecule has 4 rings (SSSR count). The van der Waals surface area contributed by atoms with Crippen LogP contribution in [0.4, 0.5) is 10.5 Å². The van der Waals surface area contributed by atoms with E-state index < -0.39 is 17.8 Å². The molecule has 3 aromatic rings. The van der Waals surface area contributed by atoms with Gasteiger partial charge >= 0.3 is 6.03 Å². The number of rotatable bonds is 7. The van der Waals surface area contributed by atoms with Gasteiger partial charge in [0, 0.05) is 0 Å². The molecule has 3 aromatic carbocycles. The molecule has 2 N–H and O–H groups in total. The summed E-state index contributed by atoms with van der Waals surface area (Å²) in [5.41, 5.74) is 2.40. The zero-order chi connectivity index (χ0) is 25.8. The molecule has 4 amide bonds. The van der Waals surface area contributed by atoms with Crippen molar-refractivity contribution in [3.8, 4) is 17.2 Å². The van der Waals surface area contributed by atoms with Crippen molar-refractivity contribution < 1.29 is 29.0 Å². The SMILES string of the molecule is CCOc1cc(/C=C2\C(=O)NC(=O)N(c3ccc(O)cc3)C2=O)cc(Cl)c1OCc1cccc(C)c1. The second-order valence-corrected chi connectivity index (χ2v) is 8.42. The van der Waals surface area contributed by atoms with Crippen molar-refractivity contribution >= 4 is 41.2 Å². The summed E-state index contributed by atoms with van der Waals surface area (Å²) in [5.74, 6) is -1.00. The minimum absolute atomic E-state index is 0.0294. The Labute approximate surface area is 212 Å². The predicted octanol–water partition coefficient (Wildman–Crippen LogP) is 5.00. The highest BCUT2D eigenvalue weighted by atomic mass is 35.5. The second-order valence-electron chi connectivity index (χ2n) is 8.01. The average molecular weight is 507 g/mol. The lowest BCUT2D eigenvalue weighted by Crippen LogP contribution is -2.54. The highest BCUT2D eigenvalue weighted by Gasteiger charge is 2.36. The summed E-state index contributed by atoms with van der Waals surface area (Å²) in [4.78, 5) is 38.8. The third-order valence-corrected chi connectivity index (χ3v) is 5.60. The number of aryl methyl sites for hydroxylation is 1. The van der Waals surface area contributed by atoms with Gasteiger partial charge in [0.15, 0.2) is 11.5 Å². The van der Waals surface area contributed by atoms with Crippen molar-refractivity contribution in [2.45, 2.75) is 20.5 Å². The number of amides is 4. The van der Waals surface area contributed by atoms with Crippen LogP contribution in [0.15, 0.2) is 66.2 Å². The molecular weight excluding hydrogens is 484 g/mol. The normalized spacial score (nSPS) is 14.7. The van der Waals surface area contributed by atoms with Gasteiger partial charge < -0.3 is 14.6 Å². The highest BCUT2D eigenvalue weighted by molar-refractivity contribution is 6.39. The number of nitrogens with zero attached hydrogens (tertiary/aromatic N) is 1. The van der Waals surface area contributed by atoms with Gasteiger partial charge in [0.2, 0.25) is 0 Å². The number of hydrogen-bond donors (Lipinski definition) is 2.